The lowest BCUT2D eigenvalue weighted by Gasteiger charge is -2.37. The molecular weight excluding hydrogens is 262 g/mol. The maximum Gasteiger partial charge on any atom is 0.251 e. The molecule has 1 saturated carbocycles. The average molecular weight is 284 g/mol. The van der Waals surface area contributed by atoms with Crippen LogP contribution in [0.3, 0.4) is 0 Å². The quantitative estimate of drug-likeness (QED) is 0.764. The highest BCUT2D eigenvalue weighted by atomic mass is 19.3. The number of nitrogens with zero attached hydrogens (tertiary/aromatic N) is 1. The van der Waals surface area contributed by atoms with Gasteiger partial charge in [0, 0.05) is 12.6 Å². The van der Waals surface area contributed by atoms with Crippen molar-refractivity contribution in [3.05, 3.63) is 35.9 Å². The molecule has 1 aliphatic carbocycles. The van der Waals surface area contributed by atoms with Crippen molar-refractivity contribution < 1.29 is 13.9 Å². The molecule has 0 radical (unpaired) electrons. The molecule has 1 fully saturated rings. The van der Waals surface area contributed by atoms with E-state index in [0.29, 0.717) is 12.6 Å². The molecular formula is C15H22F2N2O. The molecule has 0 amide bonds. The second-order valence-corrected chi connectivity index (χ2v) is 5.61. The minimum atomic E-state index is -2.37. The SMILES string of the molecule is CN(CC(F)F)CC(CO)(NC1CC1)c1ccccc1. The summed E-state index contributed by atoms with van der Waals surface area (Å²) in [4.78, 5) is 1.57. The van der Waals surface area contributed by atoms with Crippen LogP contribution in [0.5, 0.6) is 0 Å². The maximum atomic E-state index is 12.5. The molecule has 5 heteroatoms. The van der Waals surface area contributed by atoms with Crippen LogP contribution in [0, 0.1) is 0 Å². The van der Waals surface area contributed by atoms with E-state index in [2.05, 4.69) is 5.32 Å². The van der Waals surface area contributed by atoms with Crippen molar-refractivity contribution in [1.29, 1.82) is 0 Å². The molecule has 1 unspecified atom stereocenters. The van der Waals surface area contributed by atoms with Gasteiger partial charge in [0.15, 0.2) is 0 Å². The summed E-state index contributed by atoms with van der Waals surface area (Å²) in [5.41, 5.74) is 0.266. The lowest BCUT2D eigenvalue weighted by Crippen LogP contribution is -2.54. The monoisotopic (exact) mass is 284 g/mol. The number of nitrogens with one attached hydrogen (secondary N) is 1. The molecule has 2 rings (SSSR count). The molecule has 0 saturated heterocycles. The van der Waals surface area contributed by atoms with Gasteiger partial charge in [-0.15, -0.1) is 0 Å². The highest BCUT2D eigenvalue weighted by molar-refractivity contribution is 5.26. The second-order valence-electron chi connectivity index (χ2n) is 5.61. The summed E-state index contributed by atoms with van der Waals surface area (Å²) in [7, 11) is 1.66. The summed E-state index contributed by atoms with van der Waals surface area (Å²) in [6.07, 6.45) is -0.214. The van der Waals surface area contributed by atoms with Crippen LogP contribution in [0.1, 0.15) is 18.4 Å². The number of alkyl halides is 2. The third-order valence-corrected chi connectivity index (χ3v) is 3.64. The van der Waals surface area contributed by atoms with Crippen LogP contribution >= 0.6 is 0 Å². The van der Waals surface area contributed by atoms with Gasteiger partial charge in [0.2, 0.25) is 0 Å². The lowest BCUT2D eigenvalue weighted by atomic mass is 9.89. The van der Waals surface area contributed by atoms with Crippen LogP contribution in [0.4, 0.5) is 8.78 Å². The first kappa shape index (κ1) is 15.4. The van der Waals surface area contributed by atoms with Crippen LogP contribution in [-0.2, 0) is 5.54 Å². The fourth-order valence-corrected chi connectivity index (χ4v) is 2.54. The number of benzene rings is 1. The van der Waals surface area contributed by atoms with Crippen LogP contribution in [-0.4, -0.2) is 49.2 Å². The van der Waals surface area contributed by atoms with Crippen molar-refractivity contribution in [3.8, 4) is 0 Å². The van der Waals surface area contributed by atoms with Gasteiger partial charge in [-0.3, -0.25) is 4.90 Å². The molecule has 0 aromatic heterocycles. The van der Waals surface area contributed by atoms with Crippen LogP contribution in [0.25, 0.3) is 0 Å². The Morgan fingerprint density at radius 2 is 2.00 bits per heavy atom. The Kier molecular flexibility index (Phi) is 5.07. The molecule has 3 nitrogen and oxygen atoms in total. The Labute approximate surface area is 118 Å². The summed E-state index contributed by atoms with van der Waals surface area (Å²) in [5.74, 6) is 0. The number of rotatable bonds is 8. The topological polar surface area (TPSA) is 35.5 Å². The summed E-state index contributed by atoms with van der Waals surface area (Å²) in [5, 5.41) is 13.4. The van der Waals surface area contributed by atoms with E-state index in [4.69, 9.17) is 0 Å². The minimum Gasteiger partial charge on any atom is -0.394 e. The third-order valence-electron chi connectivity index (χ3n) is 3.64. The van der Waals surface area contributed by atoms with E-state index in [0.717, 1.165) is 18.4 Å². The zero-order valence-corrected chi connectivity index (χ0v) is 11.7. The van der Waals surface area contributed by atoms with E-state index < -0.39 is 12.0 Å². The van der Waals surface area contributed by atoms with Crippen molar-refractivity contribution >= 4 is 0 Å². The van der Waals surface area contributed by atoms with Gasteiger partial charge < -0.3 is 10.4 Å². The van der Waals surface area contributed by atoms with Crippen molar-refractivity contribution in [2.45, 2.75) is 30.8 Å². The number of aliphatic hydroxyl groups excluding tert-OH is 1. The predicted octanol–water partition coefficient (Wildman–Crippen LogP) is 1.82. The Morgan fingerprint density at radius 1 is 1.35 bits per heavy atom. The largest absolute Gasteiger partial charge is 0.394 e. The Morgan fingerprint density at radius 3 is 2.50 bits per heavy atom. The first-order valence-corrected chi connectivity index (χ1v) is 6.96. The van der Waals surface area contributed by atoms with Gasteiger partial charge >= 0.3 is 0 Å². The van der Waals surface area contributed by atoms with Crippen LogP contribution < -0.4 is 5.32 Å². The van der Waals surface area contributed by atoms with E-state index in [1.54, 1.807) is 11.9 Å². The van der Waals surface area contributed by atoms with Crippen LogP contribution in [0.15, 0.2) is 30.3 Å². The van der Waals surface area contributed by atoms with Crippen molar-refractivity contribution in [3.63, 3.8) is 0 Å². The molecule has 0 aliphatic heterocycles. The molecule has 2 N–H and O–H groups in total. The first-order chi connectivity index (χ1) is 9.55. The number of hydrogen-bond acceptors (Lipinski definition) is 3. The van der Waals surface area contributed by atoms with Gasteiger partial charge in [-0.25, -0.2) is 8.78 Å². The van der Waals surface area contributed by atoms with E-state index in [-0.39, 0.29) is 13.2 Å². The molecule has 112 valence electrons. The molecule has 1 aromatic rings. The van der Waals surface area contributed by atoms with Gasteiger partial charge in [0.1, 0.15) is 0 Å². The molecule has 20 heavy (non-hydrogen) atoms. The molecule has 0 heterocycles. The zero-order chi connectivity index (χ0) is 14.6. The minimum absolute atomic E-state index is 0.110. The first-order valence-electron chi connectivity index (χ1n) is 6.96. The van der Waals surface area contributed by atoms with Gasteiger partial charge in [0.25, 0.3) is 6.43 Å². The highest BCUT2D eigenvalue weighted by Gasteiger charge is 2.38. The van der Waals surface area contributed by atoms with Crippen molar-refractivity contribution in [1.82, 2.24) is 10.2 Å². The number of halogens is 2. The number of likely N-dealkylation sites (N-methyl/N-ethyl adjacent to an activating group) is 1. The van der Waals surface area contributed by atoms with E-state index >= 15 is 0 Å². The number of hydrogen-bond donors (Lipinski definition) is 2. The summed E-state index contributed by atoms with van der Waals surface area (Å²) in [6, 6.07) is 9.96. The van der Waals surface area contributed by atoms with Crippen molar-refractivity contribution in [2.24, 2.45) is 0 Å². The summed E-state index contributed by atoms with van der Waals surface area (Å²) in [6.45, 7) is -0.0453. The fraction of sp³-hybridized carbons (Fsp3) is 0.600. The van der Waals surface area contributed by atoms with Gasteiger partial charge in [0.05, 0.1) is 18.7 Å². The number of aliphatic hydroxyl groups is 1. The smallest absolute Gasteiger partial charge is 0.251 e. The molecule has 1 aromatic carbocycles. The summed E-state index contributed by atoms with van der Waals surface area (Å²) >= 11 is 0. The standard InChI is InChI=1S/C15H22F2N2O/c1-19(9-14(16)17)10-15(11-20,18-13-7-8-13)12-5-3-2-4-6-12/h2-6,13-14,18,20H,7-11H2,1H3. The Bertz CT molecular complexity index is 412. The van der Waals surface area contributed by atoms with Gasteiger partial charge in [-0.05, 0) is 25.5 Å². The fourth-order valence-electron chi connectivity index (χ4n) is 2.54. The zero-order valence-electron chi connectivity index (χ0n) is 11.7. The van der Waals surface area contributed by atoms with Gasteiger partial charge in [-0.1, -0.05) is 30.3 Å². The predicted molar refractivity (Wildman–Crippen MR) is 74.9 cm³/mol. The van der Waals surface area contributed by atoms with Crippen molar-refractivity contribution in [2.75, 3.05) is 26.7 Å². The van der Waals surface area contributed by atoms with E-state index in [1.807, 2.05) is 30.3 Å². The summed E-state index contributed by atoms with van der Waals surface area (Å²) < 4.78 is 25.0. The Hall–Kier alpha value is -1.04. The maximum absolute atomic E-state index is 12.5. The molecule has 0 spiro atoms. The second kappa shape index (κ2) is 6.61. The third kappa shape index (κ3) is 3.98. The normalized spacial score (nSPS) is 18.5. The average Bonchev–Trinajstić information content (AvgIpc) is 3.22. The molecule has 1 atom stereocenters. The molecule has 0 bridgehead atoms. The highest BCUT2D eigenvalue weighted by Crippen LogP contribution is 2.29. The van der Waals surface area contributed by atoms with E-state index in [1.165, 1.54) is 0 Å². The van der Waals surface area contributed by atoms with Crippen LogP contribution in [0.2, 0.25) is 0 Å². The van der Waals surface area contributed by atoms with E-state index in [9.17, 15) is 13.9 Å². The Balaban J connectivity index is 2.18. The lowest BCUT2D eigenvalue weighted by molar-refractivity contribution is 0.0648. The van der Waals surface area contributed by atoms with Gasteiger partial charge in [-0.2, -0.15) is 0 Å². The molecule has 1 aliphatic rings.